The summed E-state index contributed by atoms with van der Waals surface area (Å²) in [7, 11) is 1.60. The number of amides is 1. The molecule has 0 spiro atoms. The van der Waals surface area contributed by atoms with Crippen LogP contribution in [-0.4, -0.2) is 44.2 Å². The second-order valence-electron chi connectivity index (χ2n) is 6.23. The number of benzene rings is 2. The van der Waals surface area contributed by atoms with Crippen molar-refractivity contribution in [1.29, 1.82) is 0 Å². The molecular formula is C20H23ClN2O3. The van der Waals surface area contributed by atoms with Crippen LogP contribution in [0.1, 0.15) is 11.1 Å². The van der Waals surface area contributed by atoms with Gasteiger partial charge in [-0.2, -0.15) is 0 Å². The van der Waals surface area contributed by atoms with E-state index >= 15 is 0 Å². The Morgan fingerprint density at radius 2 is 1.96 bits per heavy atom. The van der Waals surface area contributed by atoms with Crippen molar-refractivity contribution in [2.45, 2.75) is 13.0 Å². The van der Waals surface area contributed by atoms with Gasteiger partial charge in [-0.1, -0.05) is 35.9 Å². The summed E-state index contributed by atoms with van der Waals surface area (Å²) in [6.07, 6.45) is 0.247. The third kappa shape index (κ3) is 4.97. The third-order valence-electron chi connectivity index (χ3n) is 4.38. The van der Waals surface area contributed by atoms with Crippen LogP contribution in [0, 0.1) is 0 Å². The Morgan fingerprint density at radius 1 is 1.19 bits per heavy atom. The van der Waals surface area contributed by atoms with Crippen LogP contribution in [0.5, 0.6) is 5.75 Å². The Balaban J connectivity index is 1.61. The lowest BCUT2D eigenvalue weighted by Gasteiger charge is -2.27. The Kier molecular flexibility index (Phi) is 6.50. The van der Waals surface area contributed by atoms with Crippen LogP contribution in [0.2, 0.25) is 5.02 Å². The molecule has 0 unspecified atom stereocenters. The van der Waals surface area contributed by atoms with E-state index in [1.807, 2.05) is 36.4 Å². The van der Waals surface area contributed by atoms with Crippen molar-refractivity contribution in [3.8, 4) is 5.75 Å². The summed E-state index contributed by atoms with van der Waals surface area (Å²) in [5.41, 5.74) is 2.60. The van der Waals surface area contributed by atoms with Crippen molar-refractivity contribution < 1.29 is 14.3 Å². The number of carbonyl (C=O) groups is 1. The van der Waals surface area contributed by atoms with Gasteiger partial charge in [-0.05, 0) is 23.8 Å². The summed E-state index contributed by atoms with van der Waals surface area (Å²) in [4.78, 5) is 14.6. The average molecular weight is 375 g/mol. The van der Waals surface area contributed by atoms with Crippen LogP contribution >= 0.6 is 11.6 Å². The molecule has 3 rings (SSSR count). The highest BCUT2D eigenvalue weighted by Crippen LogP contribution is 2.24. The van der Waals surface area contributed by atoms with Gasteiger partial charge in [-0.25, -0.2) is 0 Å². The molecule has 1 fully saturated rings. The normalized spacial score (nSPS) is 14.8. The van der Waals surface area contributed by atoms with Gasteiger partial charge in [0.15, 0.2) is 0 Å². The minimum absolute atomic E-state index is 0.105. The number of hydrogen-bond acceptors (Lipinski definition) is 4. The van der Waals surface area contributed by atoms with Gasteiger partial charge in [0.25, 0.3) is 0 Å². The van der Waals surface area contributed by atoms with E-state index in [-0.39, 0.29) is 12.3 Å². The lowest BCUT2D eigenvalue weighted by atomic mass is 10.1. The number of morpholine rings is 1. The highest BCUT2D eigenvalue weighted by molar-refractivity contribution is 6.31. The number of nitrogens with one attached hydrogen (secondary N) is 1. The van der Waals surface area contributed by atoms with Gasteiger partial charge < -0.3 is 14.8 Å². The van der Waals surface area contributed by atoms with Gasteiger partial charge in [-0.15, -0.1) is 0 Å². The molecule has 1 aliphatic heterocycles. The number of rotatable bonds is 6. The van der Waals surface area contributed by atoms with Crippen molar-refractivity contribution in [2.75, 3.05) is 38.7 Å². The molecule has 0 aromatic heterocycles. The first-order chi connectivity index (χ1) is 12.7. The maximum Gasteiger partial charge on any atom is 0.228 e. The second-order valence-corrected chi connectivity index (χ2v) is 6.64. The third-order valence-corrected chi connectivity index (χ3v) is 4.73. The van der Waals surface area contributed by atoms with Gasteiger partial charge in [0.05, 0.1) is 26.7 Å². The van der Waals surface area contributed by atoms with E-state index in [1.54, 1.807) is 13.2 Å². The second kappa shape index (κ2) is 9.03. The summed E-state index contributed by atoms with van der Waals surface area (Å²) >= 11 is 6.41. The standard InChI is InChI=1S/C20H23ClN2O3/c1-25-19-5-3-2-4-15(19)12-20(24)22-17-7-6-16(18(21)13-17)14-23-8-10-26-11-9-23/h2-7,13H,8-12,14H2,1H3,(H,22,24). The zero-order valence-electron chi connectivity index (χ0n) is 14.8. The molecule has 0 aliphatic carbocycles. The smallest absolute Gasteiger partial charge is 0.228 e. The number of methoxy groups -OCH3 is 1. The van der Waals surface area contributed by atoms with Crippen LogP contribution in [0.4, 0.5) is 5.69 Å². The fraction of sp³-hybridized carbons (Fsp3) is 0.350. The van der Waals surface area contributed by atoms with Gasteiger partial charge in [0.1, 0.15) is 5.75 Å². The molecule has 0 atom stereocenters. The van der Waals surface area contributed by atoms with Crippen molar-refractivity contribution in [3.63, 3.8) is 0 Å². The van der Waals surface area contributed by atoms with E-state index in [4.69, 9.17) is 21.1 Å². The fourth-order valence-electron chi connectivity index (χ4n) is 2.98. The number of para-hydroxylation sites is 1. The number of hydrogen-bond donors (Lipinski definition) is 1. The van der Waals surface area contributed by atoms with Crippen molar-refractivity contribution >= 4 is 23.2 Å². The number of anilines is 1. The minimum Gasteiger partial charge on any atom is -0.496 e. The van der Waals surface area contributed by atoms with Crippen molar-refractivity contribution in [1.82, 2.24) is 4.90 Å². The van der Waals surface area contributed by atoms with E-state index in [2.05, 4.69) is 10.2 Å². The quantitative estimate of drug-likeness (QED) is 0.842. The van der Waals surface area contributed by atoms with E-state index in [0.29, 0.717) is 16.5 Å². The molecular weight excluding hydrogens is 352 g/mol. The number of nitrogens with zero attached hydrogens (tertiary/aromatic N) is 1. The van der Waals surface area contributed by atoms with Crippen molar-refractivity contribution in [3.05, 3.63) is 58.6 Å². The first kappa shape index (κ1) is 18.7. The van der Waals surface area contributed by atoms with Gasteiger partial charge >= 0.3 is 0 Å². The van der Waals surface area contributed by atoms with E-state index in [0.717, 1.165) is 44.0 Å². The summed E-state index contributed by atoms with van der Waals surface area (Å²) in [5.74, 6) is 0.605. The van der Waals surface area contributed by atoms with Crippen LogP contribution in [0.15, 0.2) is 42.5 Å². The highest BCUT2D eigenvalue weighted by atomic mass is 35.5. The lowest BCUT2D eigenvalue weighted by Crippen LogP contribution is -2.35. The zero-order valence-corrected chi connectivity index (χ0v) is 15.6. The SMILES string of the molecule is COc1ccccc1CC(=O)Nc1ccc(CN2CCOCC2)c(Cl)c1. The molecule has 26 heavy (non-hydrogen) atoms. The Labute approximate surface area is 158 Å². The van der Waals surface area contributed by atoms with E-state index < -0.39 is 0 Å². The van der Waals surface area contributed by atoms with Gasteiger partial charge in [0, 0.05) is 35.9 Å². The molecule has 0 bridgehead atoms. The molecule has 1 N–H and O–H groups in total. The number of halogens is 1. The first-order valence-corrected chi connectivity index (χ1v) is 9.04. The molecule has 1 aliphatic rings. The van der Waals surface area contributed by atoms with E-state index in [9.17, 15) is 4.79 Å². The number of ether oxygens (including phenoxy) is 2. The molecule has 138 valence electrons. The van der Waals surface area contributed by atoms with Crippen LogP contribution < -0.4 is 10.1 Å². The molecule has 1 saturated heterocycles. The van der Waals surface area contributed by atoms with Gasteiger partial charge in [0.2, 0.25) is 5.91 Å². The maximum atomic E-state index is 12.3. The van der Waals surface area contributed by atoms with Crippen LogP contribution in [0.25, 0.3) is 0 Å². The number of carbonyl (C=O) groups excluding carboxylic acids is 1. The summed E-state index contributed by atoms with van der Waals surface area (Å²) in [6, 6.07) is 13.2. The van der Waals surface area contributed by atoms with Crippen LogP contribution in [0.3, 0.4) is 0 Å². The molecule has 1 heterocycles. The maximum absolute atomic E-state index is 12.3. The summed E-state index contributed by atoms with van der Waals surface area (Å²) in [5, 5.41) is 3.56. The Bertz CT molecular complexity index is 760. The fourth-order valence-corrected chi connectivity index (χ4v) is 3.22. The molecule has 6 heteroatoms. The van der Waals surface area contributed by atoms with Crippen molar-refractivity contribution in [2.24, 2.45) is 0 Å². The highest BCUT2D eigenvalue weighted by Gasteiger charge is 2.13. The minimum atomic E-state index is -0.105. The lowest BCUT2D eigenvalue weighted by molar-refractivity contribution is -0.115. The average Bonchev–Trinajstić information content (AvgIpc) is 2.65. The Hall–Kier alpha value is -2.08. The molecule has 5 nitrogen and oxygen atoms in total. The molecule has 2 aromatic rings. The zero-order chi connectivity index (χ0) is 18.4. The predicted molar refractivity (Wildman–Crippen MR) is 103 cm³/mol. The topological polar surface area (TPSA) is 50.8 Å². The largest absolute Gasteiger partial charge is 0.496 e. The van der Waals surface area contributed by atoms with Crippen LogP contribution in [-0.2, 0) is 22.5 Å². The predicted octanol–water partition coefficient (Wildman–Crippen LogP) is 3.36. The molecule has 2 aromatic carbocycles. The van der Waals surface area contributed by atoms with E-state index in [1.165, 1.54) is 0 Å². The van der Waals surface area contributed by atoms with Gasteiger partial charge in [-0.3, -0.25) is 9.69 Å². The molecule has 0 radical (unpaired) electrons. The molecule has 0 saturated carbocycles. The monoisotopic (exact) mass is 374 g/mol. The molecule has 1 amide bonds. The summed E-state index contributed by atoms with van der Waals surface area (Å²) in [6.45, 7) is 4.13. The first-order valence-electron chi connectivity index (χ1n) is 8.66. The Morgan fingerprint density at radius 3 is 2.69 bits per heavy atom. The summed E-state index contributed by atoms with van der Waals surface area (Å²) < 4.78 is 10.7.